The molecule has 0 amide bonds. The van der Waals surface area contributed by atoms with Crippen LogP contribution in [-0.4, -0.2) is 29.6 Å². The molecule has 0 aromatic carbocycles. The largest absolute Gasteiger partial charge is 0.356 e. The Bertz CT molecular complexity index is 401. The molecule has 1 rings (SSSR count). The van der Waals surface area contributed by atoms with Gasteiger partial charge in [-0.05, 0) is 31.7 Å². The third kappa shape index (κ3) is 4.78. The summed E-state index contributed by atoms with van der Waals surface area (Å²) in [6.45, 7) is 13.3. The number of hydrogen-bond acceptors (Lipinski definition) is 4. The number of rotatable bonds is 7. The van der Waals surface area contributed by atoms with Crippen molar-refractivity contribution in [1.29, 1.82) is 0 Å². The van der Waals surface area contributed by atoms with Gasteiger partial charge in [-0.2, -0.15) is 0 Å². The predicted octanol–water partition coefficient (Wildman–Crippen LogP) is 2.55. The molecule has 0 fully saturated rings. The van der Waals surface area contributed by atoms with E-state index in [1.807, 2.05) is 6.92 Å². The van der Waals surface area contributed by atoms with Crippen LogP contribution < -0.4 is 10.6 Å². The minimum Gasteiger partial charge on any atom is -0.356 e. The van der Waals surface area contributed by atoms with Gasteiger partial charge in [-0.3, -0.25) is 0 Å². The fourth-order valence-electron chi connectivity index (χ4n) is 2.08. The van der Waals surface area contributed by atoms with Crippen molar-refractivity contribution >= 4 is 5.82 Å². The highest BCUT2D eigenvalue weighted by atomic mass is 15.2. The van der Waals surface area contributed by atoms with E-state index in [4.69, 9.17) is 5.73 Å². The maximum Gasteiger partial charge on any atom is 0.132 e. The topological polar surface area (TPSA) is 55.0 Å². The lowest BCUT2D eigenvalue weighted by Gasteiger charge is -2.32. The summed E-state index contributed by atoms with van der Waals surface area (Å²) in [6, 6.07) is 2.11. The summed E-state index contributed by atoms with van der Waals surface area (Å²) < 4.78 is 0. The van der Waals surface area contributed by atoms with Gasteiger partial charge in [-0.25, -0.2) is 9.97 Å². The summed E-state index contributed by atoms with van der Waals surface area (Å²) in [6.07, 6.45) is 2.04. The molecule has 4 heteroatoms. The number of hydrogen-bond donors (Lipinski definition) is 1. The van der Waals surface area contributed by atoms with Crippen molar-refractivity contribution in [3.8, 4) is 0 Å². The quantitative estimate of drug-likeness (QED) is 0.822. The molecule has 1 aromatic rings. The zero-order valence-electron chi connectivity index (χ0n) is 13.0. The van der Waals surface area contributed by atoms with Gasteiger partial charge in [0.15, 0.2) is 0 Å². The Hall–Kier alpha value is -1.16. The van der Waals surface area contributed by atoms with Gasteiger partial charge < -0.3 is 10.6 Å². The molecule has 0 spiro atoms. The molecular weight excluding hydrogens is 236 g/mol. The normalized spacial score (nSPS) is 11.7. The van der Waals surface area contributed by atoms with Gasteiger partial charge in [-0.1, -0.05) is 27.7 Å². The molecule has 0 aliphatic heterocycles. The van der Waals surface area contributed by atoms with Gasteiger partial charge in [0.05, 0.1) is 0 Å². The summed E-state index contributed by atoms with van der Waals surface area (Å²) in [7, 11) is 0. The maximum atomic E-state index is 5.86. The van der Waals surface area contributed by atoms with Gasteiger partial charge in [-0.15, -0.1) is 0 Å². The Morgan fingerprint density at radius 3 is 2.47 bits per heavy atom. The second-order valence-electron chi connectivity index (χ2n) is 5.91. The molecule has 2 N–H and O–H groups in total. The smallest absolute Gasteiger partial charge is 0.132 e. The summed E-state index contributed by atoms with van der Waals surface area (Å²) in [5.74, 6) is 1.88. The van der Waals surface area contributed by atoms with Gasteiger partial charge in [0.2, 0.25) is 0 Å². The number of aromatic nitrogens is 2. The van der Waals surface area contributed by atoms with Crippen LogP contribution in [-0.2, 0) is 6.42 Å². The molecule has 19 heavy (non-hydrogen) atoms. The van der Waals surface area contributed by atoms with Crippen LogP contribution in [0.15, 0.2) is 6.07 Å². The Morgan fingerprint density at radius 2 is 1.95 bits per heavy atom. The maximum absolute atomic E-state index is 5.86. The number of aryl methyl sites for hydroxylation is 2. The lowest BCUT2D eigenvalue weighted by atomic mass is 9.93. The van der Waals surface area contributed by atoms with Crippen molar-refractivity contribution in [1.82, 2.24) is 9.97 Å². The molecule has 0 radical (unpaired) electrons. The summed E-state index contributed by atoms with van der Waals surface area (Å²) >= 11 is 0. The van der Waals surface area contributed by atoms with E-state index in [1.165, 1.54) is 0 Å². The monoisotopic (exact) mass is 264 g/mol. The number of nitrogens with zero attached hydrogens (tertiary/aromatic N) is 3. The number of anilines is 1. The fraction of sp³-hybridized carbons (Fsp3) is 0.733. The van der Waals surface area contributed by atoms with Crippen molar-refractivity contribution in [3.05, 3.63) is 17.6 Å². The molecule has 0 aliphatic carbocycles. The highest BCUT2D eigenvalue weighted by Gasteiger charge is 2.21. The standard InChI is InChI=1S/C15H28N4/c1-6-8-19(11-15(4,5)10-16)14-9-13(7-2)17-12(3)18-14/h9H,6-8,10-11,16H2,1-5H3. The van der Waals surface area contributed by atoms with Gasteiger partial charge in [0.1, 0.15) is 11.6 Å². The fourth-order valence-corrected chi connectivity index (χ4v) is 2.08. The van der Waals surface area contributed by atoms with E-state index in [9.17, 15) is 0 Å². The van der Waals surface area contributed by atoms with Crippen LogP contribution in [0, 0.1) is 12.3 Å². The Labute approximate surface area is 117 Å². The zero-order chi connectivity index (χ0) is 14.5. The molecule has 0 aliphatic rings. The highest BCUT2D eigenvalue weighted by Crippen LogP contribution is 2.21. The average molecular weight is 264 g/mol. The summed E-state index contributed by atoms with van der Waals surface area (Å²) in [5, 5.41) is 0. The van der Waals surface area contributed by atoms with Gasteiger partial charge in [0.25, 0.3) is 0 Å². The molecule has 0 unspecified atom stereocenters. The van der Waals surface area contributed by atoms with Crippen LogP contribution in [0.1, 0.15) is 45.6 Å². The number of nitrogens with two attached hydrogens (primary N) is 1. The zero-order valence-corrected chi connectivity index (χ0v) is 13.0. The first-order valence-corrected chi connectivity index (χ1v) is 7.21. The second-order valence-corrected chi connectivity index (χ2v) is 5.91. The lowest BCUT2D eigenvalue weighted by Crippen LogP contribution is -2.39. The predicted molar refractivity (Wildman–Crippen MR) is 81.5 cm³/mol. The van der Waals surface area contributed by atoms with Crippen molar-refractivity contribution in [2.75, 3.05) is 24.5 Å². The molecule has 0 saturated heterocycles. The van der Waals surface area contributed by atoms with E-state index in [-0.39, 0.29) is 5.41 Å². The second kappa shape index (κ2) is 6.85. The SMILES string of the molecule is CCCN(CC(C)(C)CN)c1cc(CC)nc(C)n1. The molecule has 4 nitrogen and oxygen atoms in total. The average Bonchev–Trinajstić information content (AvgIpc) is 2.37. The molecular formula is C15H28N4. The molecule has 1 aromatic heterocycles. The van der Waals surface area contributed by atoms with Crippen molar-refractivity contribution < 1.29 is 0 Å². The van der Waals surface area contributed by atoms with Crippen molar-refractivity contribution in [2.45, 2.75) is 47.5 Å². The summed E-state index contributed by atoms with van der Waals surface area (Å²) in [4.78, 5) is 11.4. The Balaban J connectivity index is 3.01. The molecule has 1 heterocycles. The molecule has 0 saturated carbocycles. The third-order valence-electron chi connectivity index (χ3n) is 3.23. The summed E-state index contributed by atoms with van der Waals surface area (Å²) in [5.41, 5.74) is 7.06. The van der Waals surface area contributed by atoms with E-state index < -0.39 is 0 Å². The third-order valence-corrected chi connectivity index (χ3v) is 3.23. The van der Waals surface area contributed by atoms with Crippen molar-refractivity contribution in [3.63, 3.8) is 0 Å². The van der Waals surface area contributed by atoms with Crippen LogP contribution in [0.3, 0.4) is 0 Å². The van der Waals surface area contributed by atoms with Crippen LogP contribution in [0.2, 0.25) is 0 Å². The van der Waals surface area contributed by atoms with Crippen LogP contribution >= 0.6 is 0 Å². The first-order valence-electron chi connectivity index (χ1n) is 7.21. The van der Waals surface area contributed by atoms with Crippen LogP contribution in [0.25, 0.3) is 0 Å². The van der Waals surface area contributed by atoms with E-state index in [2.05, 4.69) is 48.6 Å². The highest BCUT2D eigenvalue weighted by molar-refractivity contribution is 5.40. The van der Waals surface area contributed by atoms with Gasteiger partial charge >= 0.3 is 0 Å². The molecule has 0 bridgehead atoms. The van der Waals surface area contributed by atoms with Crippen LogP contribution in [0.4, 0.5) is 5.82 Å². The van der Waals surface area contributed by atoms with E-state index >= 15 is 0 Å². The van der Waals surface area contributed by atoms with Gasteiger partial charge in [0, 0.05) is 24.8 Å². The first kappa shape index (κ1) is 15.9. The van der Waals surface area contributed by atoms with E-state index in [1.54, 1.807) is 0 Å². The van der Waals surface area contributed by atoms with Crippen molar-refractivity contribution in [2.24, 2.45) is 11.1 Å². The minimum atomic E-state index is 0.0976. The molecule has 108 valence electrons. The minimum absolute atomic E-state index is 0.0976. The van der Waals surface area contributed by atoms with E-state index in [0.717, 1.165) is 43.3 Å². The van der Waals surface area contributed by atoms with E-state index in [0.29, 0.717) is 6.54 Å². The Kier molecular flexibility index (Phi) is 5.73. The van der Waals surface area contributed by atoms with Crippen LogP contribution in [0.5, 0.6) is 0 Å². The Morgan fingerprint density at radius 1 is 1.26 bits per heavy atom. The molecule has 0 atom stereocenters. The first-order chi connectivity index (χ1) is 8.91. The lowest BCUT2D eigenvalue weighted by molar-refractivity contribution is 0.376.